The zero-order valence-corrected chi connectivity index (χ0v) is 16.2. The van der Waals surface area contributed by atoms with E-state index in [9.17, 15) is 9.59 Å². The third kappa shape index (κ3) is 8.84. The van der Waals surface area contributed by atoms with Gasteiger partial charge in [0.2, 0.25) is 11.8 Å². The lowest BCUT2D eigenvalue weighted by Gasteiger charge is -2.08. The fourth-order valence-electron chi connectivity index (χ4n) is 3.64. The minimum Gasteiger partial charge on any atom is -0.285 e. The molecule has 1 aliphatic heterocycles. The van der Waals surface area contributed by atoms with Crippen LogP contribution in [0.4, 0.5) is 0 Å². The second kappa shape index (κ2) is 13.4. The maximum Gasteiger partial charge on any atom is 0.232 e. The first-order valence-corrected chi connectivity index (χ1v) is 10.5. The van der Waals surface area contributed by atoms with Crippen LogP contribution in [0.3, 0.4) is 0 Å². The first-order valence-electron chi connectivity index (χ1n) is 10.5. The van der Waals surface area contributed by atoms with E-state index in [0.717, 1.165) is 12.8 Å². The molecule has 1 atom stereocenters. The van der Waals surface area contributed by atoms with Gasteiger partial charge in [-0.1, -0.05) is 96.8 Å². The average Bonchev–Trinajstić information content (AvgIpc) is 2.82. The maximum atomic E-state index is 11.8. The van der Waals surface area contributed by atoms with Crippen LogP contribution in [0.1, 0.15) is 110 Å². The van der Waals surface area contributed by atoms with E-state index in [4.69, 9.17) is 0 Å². The minimum absolute atomic E-state index is 0.00429. The summed E-state index contributed by atoms with van der Waals surface area (Å²) < 4.78 is 0. The molecule has 140 valence electrons. The molecular formula is C21H39NO2. The molecule has 1 fully saturated rings. The monoisotopic (exact) mass is 337 g/mol. The van der Waals surface area contributed by atoms with E-state index < -0.39 is 0 Å². The van der Waals surface area contributed by atoms with Crippen LogP contribution in [0.15, 0.2) is 0 Å². The Hall–Kier alpha value is -0.860. The Morgan fingerprint density at radius 2 is 1.17 bits per heavy atom. The van der Waals surface area contributed by atoms with Gasteiger partial charge in [-0.25, -0.2) is 0 Å². The molecule has 0 aromatic carbocycles. The summed E-state index contributed by atoms with van der Waals surface area (Å²) >= 11 is 0. The van der Waals surface area contributed by atoms with Crippen molar-refractivity contribution in [3.05, 3.63) is 0 Å². The van der Waals surface area contributed by atoms with Gasteiger partial charge in [0, 0.05) is 19.4 Å². The number of likely N-dealkylation sites (tertiary alicyclic amines) is 1. The molecule has 1 aliphatic rings. The number of amides is 2. The van der Waals surface area contributed by atoms with Crippen LogP contribution in [0.5, 0.6) is 0 Å². The molecule has 1 saturated heterocycles. The summed E-state index contributed by atoms with van der Waals surface area (Å²) in [4.78, 5) is 24.5. The van der Waals surface area contributed by atoms with E-state index in [1.807, 2.05) is 0 Å². The molecule has 2 amide bonds. The zero-order chi connectivity index (χ0) is 17.6. The highest BCUT2D eigenvalue weighted by Crippen LogP contribution is 2.24. The fourth-order valence-corrected chi connectivity index (χ4v) is 3.64. The van der Waals surface area contributed by atoms with Crippen molar-refractivity contribution >= 4 is 11.8 Å². The normalized spacial score (nSPS) is 17.9. The molecule has 1 heterocycles. The highest BCUT2D eigenvalue weighted by Gasteiger charge is 2.35. The van der Waals surface area contributed by atoms with Crippen LogP contribution in [0.2, 0.25) is 0 Å². The van der Waals surface area contributed by atoms with Crippen molar-refractivity contribution in [3.63, 3.8) is 0 Å². The van der Waals surface area contributed by atoms with Crippen molar-refractivity contribution in [2.75, 3.05) is 7.05 Å². The van der Waals surface area contributed by atoms with E-state index in [1.54, 1.807) is 7.05 Å². The predicted molar refractivity (Wildman–Crippen MR) is 101 cm³/mol. The van der Waals surface area contributed by atoms with Crippen molar-refractivity contribution in [2.45, 2.75) is 110 Å². The Bertz CT molecular complexity index is 354. The van der Waals surface area contributed by atoms with Crippen molar-refractivity contribution in [2.24, 2.45) is 5.92 Å². The SMILES string of the molecule is CCCCCCCCCCCCCCCCC1CC(=O)N(C)C1=O. The Balaban J connectivity index is 1.80. The van der Waals surface area contributed by atoms with E-state index in [2.05, 4.69) is 6.92 Å². The van der Waals surface area contributed by atoms with E-state index >= 15 is 0 Å². The van der Waals surface area contributed by atoms with Gasteiger partial charge in [0.25, 0.3) is 0 Å². The van der Waals surface area contributed by atoms with Crippen molar-refractivity contribution in [1.29, 1.82) is 0 Å². The lowest BCUT2D eigenvalue weighted by molar-refractivity contribution is -0.137. The molecule has 3 nitrogen and oxygen atoms in total. The molecule has 0 spiro atoms. The van der Waals surface area contributed by atoms with Gasteiger partial charge < -0.3 is 0 Å². The van der Waals surface area contributed by atoms with Crippen molar-refractivity contribution < 1.29 is 9.59 Å². The molecule has 0 aliphatic carbocycles. The molecule has 0 radical (unpaired) electrons. The third-order valence-corrected chi connectivity index (χ3v) is 5.38. The topological polar surface area (TPSA) is 37.4 Å². The summed E-state index contributed by atoms with van der Waals surface area (Å²) in [6, 6.07) is 0. The van der Waals surface area contributed by atoms with E-state index in [0.29, 0.717) is 6.42 Å². The number of carbonyl (C=O) groups excluding carboxylic acids is 2. The van der Waals surface area contributed by atoms with Crippen LogP contribution >= 0.6 is 0 Å². The van der Waals surface area contributed by atoms with E-state index in [1.165, 1.54) is 88.4 Å². The molecule has 0 N–H and O–H groups in total. The predicted octanol–water partition coefficient (Wildman–Crippen LogP) is 5.86. The average molecular weight is 338 g/mol. The molecule has 1 unspecified atom stereocenters. The molecule has 0 saturated carbocycles. The summed E-state index contributed by atoms with van der Waals surface area (Å²) in [5.74, 6) is 0.00452. The molecule has 0 aromatic heterocycles. The molecule has 0 bridgehead atoms. The number of carbonyl (C=O) groups is 2. The van der Waals surface area contributed by atoms with Crippen molar-refractivity contribution in [3.8, 4) is 0 Å². The maximum absolute atomic E-state index is 11.8. The molecule has 0 aromatic rings. The molecule has 1 rings (SSSR count). The Morgan fingerprint density at radius 3 is 1.54 bits per heavy atom. The van der Waals surface area contributed by atoms with Crippen LogP contribution in [-0.2, 0) is 9.59 Å². The number of nitrogens with zero attached hydrogens (tertiary/aromatic N) is 1. The number of hydrogen-bond acceptors (Lipinski definition) is 2. The lowest BCUT2D eigenvalue weighted by atomic mass is 9.98. The summed E-state index contributed by atoms with van der Waals surface area (Å²) in [5.41, 5.74) is 0. The lowest BCUT2D eigenvalue weighted by Crippen LogP contribution is -2.25. The van der Waals surface area contributed by atoms with Gasteiger partial charge in [-0.2, -0.15) is 0 Å². The minimum atomic E-state index is -0.0279. The smallest absolute Gasteiger partial charge is 0.232 e. The second-order valence-corrected chi connectivity index (χ2v) is 7.58. The molecule has 24 heavy (non-hydrogen) atoms. The summed E-state index contributed by atoms with van der Waals surface area (Å²) in [6.07, 6.45) is 20.2. The Labute approximate surface area is 149 Å². The van der Waals surface area contributed by atoms with Crippen LogP contribution in [0, 0.1) is 5.92 Å². The van der Waals surface area contributed by atoms with Gasteiger partial charge in [0.05, 0.1) is 0 Å². The summed E-state index contributed by atoms with van der Waals surface area (Å²) in [7, 11) is 1.61. The third-order valence-electron chi connectivity index (χ3n) is 5.38. The Morgan fingerprint density at radius 1 is 0.750 bits per heavy atom. The van der Waals surface area contributed by atoms with Crippen molar-refractivity contribution in [1.82, 2.24) is 4.90 Å². The van der Waals surface area contributed by atoms with Gasteiger partial charge in [0.15, 0.2) is 0 Å². The quantitative estimate of drug-likeness (QED) is 0.277. The van der Waals surface area contributed by atoms with E-state index in [-0.39, 0.29) is 17.7 Å². The van der Waals surface area contributed by atoms with Gasteiger partial charge >= 0.3 is 0 Å². The van der Waals surface area contributed by atoms with Gasteiger partial charge in [-0.3, -0.25) is 14.5 Å². The number of imide groups is 1. The molecule has 3 heteroatoms. The zero-order valence-electron chi connectivity index (χ0n) is 16.2. The van der Waals surface area contributed by atoms with Crippen LogP contribution in [0.25, 0.3) is 0 Å². The first kappa shape index (κ1) is 21.2. The van der Waals surface area contributed by atoms with Crippen LogP contribution in [-0.4, -0.2) is 23.8 Å². The standard InChI is InChI=1S/C21H39NO2/c1-3-4-5-6-7-8-9-10-11-12-13-14-15-16-17-19-18-20(23)22(2)21(19)24/h19H,3-18H2,1-2H3. The highest BCUT2D eigenvalue weighted by atomic mass is 16.2. The number of rotatable bonds is 15. The Kier molecular flexibility index (Phi) is 11.9. The van der Waals surface area contributed by atoms with Crippen LogP contribution < -0.4 is 0 Å². The highest BCUT2D eigenvalue weighted by molar-refractivity contribution is 6.03. The number of hydrogen-bond donors (Lipinski definition) is 0. The number of unbranched alkanes of at least 4 members (excludes halogenated alkanes) is 13. The first-order chi connectivity index (χ1) is 11.7. The fraction of sp³-hybridized carbons (Fsp3) is 0.905. The van der Waals surface area contributed by atoms with Gasteiger partial charge in [-0.05, 0) is 6.42 Å². The summed E-state index contributed by atoms with van der Waals surface area (Å²) in [5, 5.41) is 0. The second-order valence-electron chi connectivity index (χ2n) is 7.58. The van der Waals surface area contributed by atoms with Gasteiger partial charge in [-0.15, -0.1) is 0 Å². The van der Waals surface area contributed by atoms with Gasteiger partial charge in [0.1, 0.15) is 0 Å². The largest absolute Gasteiger partial charge is 0.285 e. The molecular weight excluding hydrogens is 298 g/mol. The summed E-state index contributed by atoms with van der Waals surface area (Å²) in [6.45, 7) is 2.27.